The van der Waals surface area contributed by atoms with Crippen molar-refractivity contribution < 1.29 is 9.90 Å². The minimum Gasteiger partial charge on any atom is -0.393 e. The van der Waals surface area contributed by atoms with Crippen LogP contribution in [0.3, 0.4) is 0 Å². The van der Waals surface area contributed by atoms with Crippen molar-refractivity contribution in [2.45, 2.75) is 57.3 Å². The van der Waals surface area contributed by atoms with Crippen LogP contribution in [0, 0.1) is 5.92 Å². The van der Waals surface area contributed by atoms with Crippen LogP contribution in [0.15, 0.2) is 24.3 Å². The summed E-state index contributed by atoms with van der Waals surface area (Å²) in [4.78, 5) is 17.0. The van der Waals surface area contributed by atoms with Gasteiger partial charge < -0.3 is 15.3 Å². The fourth-order valence-corrected chi connectivity index (χ4v) is 4.65. The molecule has 1 aromatic carbocycles. The summed E-state index contributed by atoms with van der Waals surface area (Å²) in [5, 5.41) is 12.8. The molecule has 136 valence electrons. The molecular weight excluding hydrogens is 314 g/mol. The van der Waals surface area contributed by atoms with Gasteiger partial charge in [-0.15, -0.1) is 0 Å². The number of nitrogens with zero attached hydrogens (tertiary/aromatic N) is 2. The maximum absolute atomic E-state index is 12.5. The predicted molar refractivity (Wildman–Crippen MR) is 97.0 cm³/mol. The van der Waals surface area contributed by atoms with Crippen molar-refractivity contribution in [3.8, 4) is 0 Å². The minimum atomic E-state index is -0.137. The number of nitrogens with one attached hydrogen (secondary N) is 1. The second kappa shape index (κ2) is 7.34. The molecule has 5 heteroatoms. The summed E-state index contributed by atoms with van der Waals surface area (Å²) in [5.74, 6) is 0.734. The largest absolute Gasteiger partial charge is 0.393 e. The fraction of sp³-hybridized carbons (Fsp3) is 0.650. The van der Waals surface area contributed by atoms with Gasteiger partial charge in [-0.2, -0.15) is 0 Å². The van der Waals surface area contributed by atoms with Crippen LogP contribution in [-0.2, 0) is 13.1 Å². The lowest BCUT2D eigenvalue weighted by molar-refractivity contribution is 0.0791. The van der Waals surface area contributed by atoms with Gasteiger partial charge >= 0.3 is 6.03 Å². The van der Waals surface area contributed by atoms with Gasteiger partial charge in [0, 0.05) is 38.8 Å². The average molecular weight is 343 g/mol. The van der Waals surface area contributed by atoms with Crippen LogP contribution in [-0.4, -0.2) is 52.7 Å². The number of likely N-dealkylation sites (tertiary alicyclic amines) is 2. The number of urea groups is 1. The van der Waals surface area contributed by atoms with Gasteiger partial charge in [0.25, 0.3) is 0 Å². The molecule has 3 aliphatic rings. The lowest BCUT2D eigenvalue weighted by atomic mass is 10.0. The van der Waals surface area contributed by atoms with Gasteiger partial charge in [-0.25, -0.2) is 4.79 Å². The maximum atomic E-state index is 12.5. The lowest BCUT2D eigenvalue weighted by Crippen LogP contribution is -2.44. The first-order valence-corrected chi connectivity index (χ1v) is 9.70. The average Bonchev–Trinajstić information content (AvgIpc) is 3.26. The second-order valence-corrected chi connectivity index (χ2v) is 7.92. The third-order valence-electron chi connectivity index (χ3n) is 6.17. The Morgan fingerprint density at radius 1 is 1.12 bits per heavy atom. The number of amides is 2. The number of benzene rings is 1. The highest BCUT2D eigenvalue weighted by Gasteiger charge is 2.40. The zero-order valence-electron chi connectivity index (χ0n) is 14.9. The van der Waals surface area contributed by atoms with E-state index in [4.69, 9.17) is 0 Å². The van der Waals surface area contributed by atoms with Crippen LogP contribution in [0.5, 0.6) is 0 Å². The SMILES string of the molecule is O=C(NCc1ccccc1CN1CCC(O)CC1)N1C[C@@H]2CC[C@H]1C2. The normalized spacial score (nSPS) is 27.0. The van der Waals surface area contributed by atoms with Crippen molar-refractivity contribution in [3.05, 3.63) is 35.4 Å². The van der Waals surface area contributed by atoms with Crippen LogP contribution in [0.2, 0.25) is 0 Å². The number of fused-ring (bicyclic) bond motifs is 2. The van der Waals surface area contributed by atoms with Crippen molar-refractivity contribution in [2.75, 3.05) is 19.6 Å². The molecule has 25 heavy (non-hydrogen) atoms. The number of piperidine rings is 2. The first-order valence-electron chi connectivity index (χ1n) is 9.70. The third kappa shape index (κ3) is 3.82. The monoisotopic (exact) mass is 343 g/mol. The Bertz CT molecular complexity index is 613. The molecule has 1 aromatic rings. The fourth-order valence-electron chi connectivity index (χ4n) is 4.65. The number of rotatable bonds is 4. The molecule has 0 aromatic heterocycles. The van der Waals surface area contributed by atoms with E-state index in [0.29, 0.717) is 12.6 Å². The predicted octanol–water partition coefficient (Wildman–Crippen LogP) is 2.34. The van der Waals surface area contributed by atoms with Crippen LogP contribution in [0.1, 0.15) is 43.2 Å². The number of carbonyl (C=O) groups is 1. The van der Waals surface area contributed by atoms with Crippen molar-refractivity contribution in [3.63, 3.8) is 0 Å². The van der Waals surface area contributed by atoms with Crippen molar-refractivity contribution in [2.24, 2.45) is 5.92 Å². The Morgan fingerprint density at radius 2 is 1.88 bits per heavy atom. The molecule has 0 spiro atoms. The van der Waals surface area contributed by atoms with Gasteiger partial charge in [0.1, 0.15) is 0 Å². The van der Waals surface area contributed by atoms with Crippen molar-refractivity contribution in [1.82, 2.24) is 15.1 Å². The smallest absolute Gasteiger partial charge is 0.317 e. The maximum Gasteiger partial charge on any atom is 0.317 e. The Kier molecular flexibility index (Phi) is 4.95. The molecule has 3 fully saturated rings. The van der Waals surface area contributed by atoms with E-state index in [1.54, 1.807) is 0 Å². The van der Waals surface area contributed by atoms with E-state index >= 15 is 0 Å². The topological polar surface area (TPSA) is 55.8 Å². The van der Waals surface area contributed by atoms with Gasteiger partial charge in [0.2, 0.25) is 0 Å². The summed E-state index contributed by atoms with van der Waals surface area (Å²) in [6, 6.07) is 8.96. The summed E-state index contributed by atoms with van der Waals surface area (Å²) in [6.45, 7) is 4.32. The van der Waals surface area contributed by atoms with Gasteiger partial charge in [-0.1, -0.05) is 24.3 Å². The Labute approximate surface area is 150 Å². The first kappa shape index (κ1) is 16.9. The standard InChI is InChI=1S/C20H29N3O2/c24-19-7-9-22(10-8-19)14-17-4-2-1-3-16(17)12-21-20(25)23-13-15-5-6-18(23)11-15/h1-4,15,18-19,24H,5-14H2,(H,21,25)/t15-,18+/m1/s1. The molecule has 2 amide bonds. The van der Waals surface area contributed by atoms with Crippen LogP contribution < -0.4 is 5.32 Å². The van der Waals surface area contributed by atoms with Crippen LogP contribution >= 0.6 is 0 Å². The number of hydrogen-bond donors (Lipinski definition) is 2. The number of aliphatic hydroxyl groups excluding tert-OH is 1. The summed E-state index contributed by atoms with van der Waals surface area (Å²) in [5.41, 5.74) is 2.48. The van der Waals surface area contributed by atoms with Gasteiger partial charge in [-0.05, 0) is 49.1 Å². The van der Waals surface area contributed by atoms with E-state index in [2.05, 4.69) is 28.4 Å². The second-order valence-electron chi connectivity index (χ2n) is 7.92. The Morgan fingerprint density at radius 3 is 2.56 bits per heavy atom. The van der Waals surface area contributed by atoms with Crippen molar-refractivity contribution >= 4 is 6.03 Å². The number of carbonyl (C=O) groups excluding carboxylic acids is 1. The summed E-state index contributed by atoms with van der Waals surface area (Å²) in [7, 11) is 0. The first-order chi connectivity index (χ1) is 12.2. The number of aliphatic hydroxyl groups is 1. The number of hydrogen-bond acceptors (Lipinski definition) is 3. The molecule has 1 saturated carbocycles. The molecule has 2 atom stereocenters. The van der Waals surface area contributed by atoms with E-state index < -0.39 is 0 Å². The van der Waals surface area contributed by atoms with E-state index in [9.17, 15) is 9.90 Å². The third-order valence-corrected chi connectivity index (χ3v) is 6.17. The molecule has 5 nitrogen and oxygen atoms in total. The molecule has 0 radical (unpaired) electrons. The molecule has 2 saturated heterocycles. The van der Waals surface area contributed by atoms with Gasteiger partial charge in [0.05, 0.1) is 6.10 Å². The van der Waals surface area contributed by atoms with Gasteiger partial charge in [-0.3, -0.25) is 4.90 Å². The molecular formula is C20H29N3O2. The molecule has 2 aliphatic heterocycles. The van der Waals surface area contributed by atoms with E-state index in [1.165, 1.54) is 30.4 Å². The van der Waals surface area contributed by atoms with Crippen LogP contribution in [0.25, 0.3) is 0 Å². The summed E-state index contributed by atoms with van der Waals surface area (Å²) >= 11 is 0. The van der Waals surface area contributed by atoms with E-state index in [0.717, 1.165) is 44.9 Å². The Hall–Kier alpha value is -1.59. The highest BCUT2D eigenvalue weighted by Crippen LogP contribution is 2.37. The van der Waals surface area contributed by atoms with E-state index in [1.807, 2.05) is 11.0 Å². The molecule has 1 aliphatic carbocycles. The zero-order chi connectivity index (χ0) is 17.2. The highest BCUT2D eigenvalue weighted by atomic mass is 16.3. The summed E-state index contributed by atoms with van der Waals surface area (Å²) in [6.07, 6.45) is 5.25. The molecule has 2 N–H and O–H groups in total. The zero-order valence-corrected chi connectivity index (χ0v) is 14.9. The lowest BCUT2D eigenvalue weighted by Gasteiger charge is -2.30. The van der Waals surface area contributed by atoms with Crippen molar-refractivity contribution in [1.29, 1.82) is 0 Å². The quantitative estimate of drug-likeness (QED) is 0.882. The van der Waals surface area contributed by atoms with Crippen LogP contribution in [0.4, 0.5) is 4.79 Å². The Balaban J connectivity index is 1.33. The highest BCUT2D eigenvalue weighted by molar-refractivity contribution is 5.75. The summed E-state index contributed by atoms with van der Waals surface area (Å²) < 4.78 is 0. The molecule has 2 bridgehead atoms. The molecule has 0 unspecified atom stereocenters. The molecule has 4 rings (SSSR count). The van der Waals surface area contributed by atoms with E-state index in [-0.39, 0.29) is 12.1 Å². The molecule has 2 heterocycles. The minimum absolute atomic E-state index is 0.100. The van der Waals surface area contributed by atoms with Gasteiger partial charge in [0.15, 0.2) is 0 Å².